The molecule has 1 N–H and O–H groups in total. The molecule has 2 heteroatoms. The maximum absolute atomic E-state index is 5.06. The van der Waals surface area contributed by atoms with E-state index in [1.165, 1.54) is 19.3 Å². The Balaban J connectivity index is 2.02. The minimum Gasteiger partial charge on any atom is -0.302 e. The van der Waals surface area contributed by atoms with Crippen LogP contribution in [-0.2, 0) is 4.84 Å². The molecule has 0 radical (unpaired) electrons. The van der Waals surface area contributed by atoms with E-state index < -0.39 is 0 Å². The minimum atomic E-state index is 0.753. The smallest absolute Gasteiger partial charge is 0.0653 e. The zero-order chi connectivity index (χ0) is 7.94. The largest absolute Gasteiger partial charge is 0.302 e. The summed E-state index contributed by atoms with van der Waals surface area (Å²) >= 11 is 0. The third kappa shape index (κ3) is 3.54. The molecule has 1 rings (SSSR count). The summed E-state index contributed by atoms with van der Waals surface area (Å²) in [6.45, 7) is 3.74. The van der Waals surface area contributed by atoms with E-state index in [1.54, 1.807) is 0 Å². The Morgan fingerprint density at radius 1 is 1.55 bits per heavy atom. The number of hydrogen-bond donors (Lipinski definition) is 1. The predicted octanol–water partition coefficient (Wildman–Crippen LogP) is 1.88. The Hall–Kier alpha value is -0.340. The van der Waals surface area contributed by atoms with E-state index in [4.69, 9.17) is 4.84 Å². The van der Waals surface area contributed by atoms with Crippen molar-refractivity contribution in [2.24, 2.45) is 5.92 Å². The van der Waals surface area contributed by atoms with Gasteiger partial charge in [-0.1, -0.05) is 12.2 Å². The number of allylic oxidation sites excluding steroid dienone is 2. The lowest BCUT2D eigenvalue weighted by Crippen LogP contribution is -2.23. The molecule has 1 unspecified atom stereocenters. The molecule has 1 aliphatic rings. The van der Waals surface area contributed by atoms with Gasteiger partial charge >= 0.3 is 0 Å². The Morgan fingerprint density at radius 2 is 2.45 bits per heavy atom. The Labute approximate surface area is 68.6 Å². The van der Waals surface area contributed by atoms with Crippen molar-refractivity contribution in [3.05, 3.63) is 12.2 Å². The van der Waals surface area contributed by atoms with Gasteiger partial charge in [0.05, 0.1) is 6.61 Å². The van der Waals surface area contributed by atoms with Crippen LogP contribution in [0.1, 0.15) is 26.2 Å². The first-order valence-electron chi connectivity index (χ1n) is 4.43. The Kier molecular flexibility index (Phi) is 4.24. The van der Waals surface area contributed by atoms with Crippen molar-refractivity contribution >= 4 is 0 Å². The van der Waals surface area contributed by atoms with Crippen LogP contribution < -0.4 is 5.48 Å². The van der Waals surface area contributed by atoms with Crippen LogP contribution in [0, 0.1) is 5.92 Å². The number of hydroxylamine groups is 1. The SMILES string of the molecule is CCONCC1CC=CCC1. The molecule has 0 aromatic heterocycles. The van der Waals surface area contributed by atoms with Crippen LogP contribution in [0.15, 0.2) is 12.2 Å². The second-order valence-corrected chi connectivity index (χ2v) is 2.93. The van der Waals surface area contributed by atoms with Crippen LogP contribution in [-0.4, -0.2) is 13.2 Å². The highest BCUT2D eigenvalue weighted by atomic mass is 16.6. The van der Waals surface area contributed by atoms with Gasteiger partial charge in [-0.15, -0.1) is 0 Å². The first-order valence-corrected chi connectivity index (χ1v) is 4.43. The first-order chi connectivity index (χ1) is 5.43. The van der Waals surface area contributed by atoms with Crippen molar-refractivity contribution in [1.29, 1.82) is 0 Å². The molecule has 0 amide bonds. The summed E-state index contributed by atoms with van der Waals surface area (Å²) in [7, 11) is 0. The lowest BCUT2D eigenvalue weighted by atomic mass is 9.95. The zero-order valence-corrected chi connectivity index (χ0v) is 7.18. The highest BCUT2D eigenvalue weighted by Gasteiger charge is 2.08. The van der Waals surface area contributed by atoms with Crippen molar-refractivity contribution in [1.82, 2.24) is 5.48 Å². The third-order valence-electron chi connectivity index (χ3n) is 2.00. The molecule has 11 heavy (non-hydrogen) atoms. The summed E-state index contributed by atoms with van der Waals surface area (Å²) < 4.78 is 0. The van der Waals surface area contributed by atoms with E-state index in [-0.39, 0.29) is 0 Å². The second kappa shape index (κ2) is 5.33. The lowest BCUT2D eigenvalue weighted by molar-refractivity contribution is 0.0406. The molecule has 0 fully saturated rings. The Bertz CT molecular complexity index is 123. The maximum Gasteiger partial charge on any atom is 0.0653 e. The molecule has 0 heterocycles. The van der Waals surface area contributed by atoms with Crippen LogP contribution in [0.2, 0.25) is 0 Å². The van der Waals surface area contributed by atoms with E-state index in [0.717, 1.165) is 19.1 Å². The molecule has 1 aliphatic carbocycles. The monoisotopic (exact) mass is 155 g/mol. The fraction of sp³-hybridized carbons (Fsp3) is 0.778. The van der Waals surface area contributed by atoms with Gasteiger partial charge in [-0.3, -0.25) is 0 Å². The molecule has 0 saturated heterocycles. The molecule has 64 valence electrons. The van der Waals surface area contributed by atoms with Crippen molar-refractivity contribution in [3.63, 3.8) is 0 Å². The van der Waals surface area contributed by atoms with E-state index in [9.17, 15) is 0 Å². The van der Waals surface area contributed by atoms with Gasteiger partial charge in [-0.25, -0.2) is 5.48 Å². The summed E-state index contributed by atoms with van der Waals surface area (Å²) in [5.41, 5.74) is 2.97. The van der Waals surface area contributed by atoms with Gasteiger partial charge in [0.25, 0.3) is 0 Å². The van der Waals surface area contributed by atoms with Gasteiger partial charge in [-0.05, 0) is 32.1 Å². The van der Waals surface area contributed by atoms with Gasteiger partial charge in [0, 0.05) is 6.54 Å². The van der Waals surface area contributed by atoms with Crippen LogP contribution in [0.3, 0.4) is 0 Å². The standard InChI is InChI=1S/C9H17NO/c1-2-11-10-8-9-6-4-3-5-7-9/h3-4,9-10H,2,5-8H2,1H3. The highest BCUT2D eigenvalue weighted by Crippen LogP contribution is 2.16. The Morgan fingerprint density at radius 3 is 3.09 bits per heavy atom. The average Bonchev–Trinajstić information content (AvgIpc) is 2.07. The molecule has 1 atom stereocenters. The molecule has 0 bridgehead atoms. The van der Waals surface area contributed by atoms with Gasteiger partial charge in [-0.2, -0.15) is 0 Å². The minimum absolute atomic E-state index is 0.753. The van der Waals surface area contributed by atoms with Crippen molar-refractivity contribution in [2.75, 3.05) is 13.2 Å². The van der Waals surface area contributed by atoms with Crippen molar-refractivity contribution in [2.45, 2.75) is 26.2 Å². The normalized spacial score (nSPS) is 23.9. The fourth-order valence-corrected chi connectivity index (χ4v) is 1.32. The van der Waals surface area contributed by atoms with E-state index in [1.807, 2.05) is 6.92 Å². The molecule has 0 aromatic rings. The highest BCUT2D eigenvalue weighted by molar-refractivity contribution is 4.90. The predicted molar refractivity (Wildman–Crippen MR) is 46.1 cm³/mol. The molecule has 0 saturated carbocycles. The maximum atomic E-state index is 5.06. The van der Waals surface area contributed by atoms with E-state index in [2.05, 4.69) is 17.6 Å². The van der Waals surface area contributed by atoms with Crippen LogP contribution in [0.4, 0.5) is 0 Å². The van der Waals surface area contributed by atoms with Gasteiger partial charge < -0.3 is 4.84 Å². The summed E-state index contributed by atoms with van der Waals surface area (Å²) in [5, 5.41) is 0. The second-order valence-electron chi connectivity index (χ2n) is 2.93. The summed E-state index contributed by atoms with van der Waals surface area (Å²) in [6, 6.07) is 0. The van der Waals surface area contributed by atoms with Crippen molar-refractivity contribution in [3.8, 4) is 0 Å². The molecule has 0 spiro atoms. The van der Waals surface area contributed by atoms with E-state index in [0.29, 0.717) is 0 Å². The average molecular weight is 155 g/mol. The first kappa shape index (κ1) is 8.75. The molecular weight excluding hydrogens is 138 g/mol. The van der Waals surface area contributed by atoms with Crippen molar-refractivity contribution < 1.29 is 4.84 Å². The van der Waals surface area contributed by atoms with Crippen LogP contribution in [0.25, 0.3) is 0 Å². The lowest BCUT2D eigenvalue weighted by Gasteiger charge is -2.17. The third-order valence-corrected chi connectivity index (χ3v) is 2.00. The number of nitrogens with one attached hydrogen (secondary N) is 1. The van der Waals surface area contributed by atoms with Gasteiger partial charge in [0.2, 0.25) is 0 Å². The topological polar surface area (TPSA) is 21.3 Å². The molecular formula is C9H17NO. The molecule has 0 aromatic carbocycles. The van der Waals surface area contributed by atoms with E-state index >= 15 is 0 Å². The summed E-state index contributed by atoms with van der Waals surface area (Å²) in [6.07, 6.45) is 8.27. The quantitative estimate of drug-likeness (QED) is 0.380. The number of hydrogen-bond acceptors (Lipinski definition) is 2. The summed E-state index contributed by atoms with van der Waals surface area (Å²) in [4.78, 5) is 5.06. The van der Waals surface area contributed by atoms with Crippen LogP contribution >= 0.6 is 0 Å². The molecule has 0 aliphatic heterocycles. The van der Waals surface area contributed by atoms with Gasteiger partial charge in [0.1, 0.15) is 0 Å². The fourth-order valence-electron chi connectivity index (χ4n) is 1.32. The van der Waals surface area contributed by atoms with Crippen LogP contribution in [0.5, 0.6) is 0 Å². The molecule has 2 nitrogen and oxygen atoms in total. The summed E-state index contributed by atoms with van der Waals surface area (Å²) in [5.74, 6) is 0.784. The van der Waals surface area contributed by atoms with Gasteiger partial charge in [0.15, 0.2) is 0 Å². The number of rotatable bonds is 4. The zero-order valence-electron chi connectivity index (χ0n) is 7.18.